The Kier molecular flexibility index (Phi) is 7.65. The molecular weight excluding hydrogens is 501 g/mol. The molecule has 2 aromatic heterocycles. The molecule has 38 heavy (non-hydrogen) atoms. The zero-order valence-corrected chi connectivity index (χ0v) is 23.2. The minimum absolute atomic E-state index is 0.00998. The lowest BCUT2D eigenvalue weighted by atomic mass is 9.95. The van der Waals surface area contributed by atoms with Gasteiger partial charge in [-0.15, -0.1) is 5.10 Å². The van der Waals surface area contributed by atoms with Crippen molar-refractivity contribution in [2.75, 3.05) is 6.61 Å². The van der Waals surface area contributed by atoms with E-state index < -0.39 is 8.41 Å². The van der Waals surface area contributed by atoms with Crippen molar-refractivity contribution in [3.63, 3.8) is 0 Å². The molecule has 3 heterocycles. The molecule has 4 aromatic rings. The molecule has 4 atom stereocenters. The summed E-state index contributed by atoms with van der Waals surface area (Å²) in [5.41, 5.74) is 3.37. The summed E-state index contributed by atoms with van der Waals surface area (Å²) < 4.78 is 25.3. The maximum absolute atomic E-state index is 15.4. The van der Waals surface area contributed by atoms with Gasteiger partial charge in [0.25, 0.3) is 5.56 Å². The van der Waals surface area contributed by atoms with Crippen LogP contribution >= 0.6 is 0 Å². The van der Waals surface area contributed by atoms with Crippen LogP contribution in [0.5, 0.6) is 0 Å². The number of hydrogen-bond acceptors (Lipinski definition) is 5. The lowest BCUT2D eigenvalue weighted by Crippen LogP contribution is -2.36. The molecule has 5 rings (SSSR count). The molecular formula is C28H36FN5O3Si. The highest BCUT2D eigenvalue weighted by Gasteiger charge is 2.50. The van der Waals surface area contributed by atoms with Gasteiger partial charge in [0.15, 0.2) is 0 Å². The van der Waals surface area contributed by atoms with Crippen LogP contribution in [0.1, 0.15) is 31.0 Å². The zero-order valence-electron chi connectivity index (χ0n) is 22.2. The highest BCUT2D eigenvalue weighted by molar-refractivity contribution is 6.72. The number of nitrogens with zero attached hydrogens (tertiary/aromatic N) is 4. The number of halogens is 1. The first-order valence-corrected chi connectivity index (χ1v) is 16.3. The second kappa shape index (κ2) is 11.0. The summed E-state index contributed by atoms with van der Waals surface area (Å²) in [6.45, 7) is 6.35. The molecule has 1 fully saturated rings. The Morgan fingerprint density at radius 1 is 1.08 bits per heavy atom. The number of para-hydroxylation sites is 1. The normalized spacial score (nSPS) is 21.9. The number of aromatic nitrogens is 5. The number of nitrogens with one attached hydrogen (secondary N) is 1. The van der Waals surface area contributed by atoms with E-state index >= 15 is 4.11 Å². The summed E-state index contributed by atoms with van der Waals surface area (Å²) in [4.78, 5) is 12.7. The molecule has 202 valence electrons. The molecule has 2 aromatic carbocycles. The summed E-state index contributed by atoms with van der Waals surface area (Å²) in [7, 11) is -2.95. The van der Waals surface area contributed by atoms with E-state index in [1.54, 1.807) is 22.5 Å². The number of aliphatic hydroxyl groups is 1. The van der Waals surface area contributed by atoms with Gasteiger partial charge >= 0.3 is 0 Å². The van der Waals surface area contributed by atoms with Crippen LogP contribution in [0.25, 0.3) is 16.6 Å². The van der Waals surface area contributed by atoms with Gasteiger partial charge in [0, 0.05) is 31.3 Å². The van der Waals surface area contributed by atoms with E-state index in [2.05, 4.69) is 22.3 Å². The number of hydrogen-bond donors (Lipinski definition) is 2. The number of aryl methyl sites for hydroxylation is 2. The fourth-order valence-corrected chi connectivity index (χ4v) is 8.54. The molecule has 2 N–H and O–H groups in total. The van der Waals surface area contributed by atoms with E-state index in [9.17, 15) is 4.79 Å². The third-order valence-corrected chi connectivity index (χ3v) is 10.3. The van der Waals surface area contributed by atoms with Crippen molar-refractivity contribution < 1.29 is 14.0 Å². The predicted molar refractivity (Wildman–Crippen MR) is 148 cm³/mol. The molecule has 10 heteroatoms. The summed E-state index contributed by atoms with van der Waals surface area (Å²) >= 11 is 0. The molecule has 0 bridgehead atoms. The molecule has 0 aliphatic carbocycles. The average Bonchev–Trinajstić information content (AvgIpc) is 3.57. The Bertz CT molecular complexity index is 1420. The van der Waals surface area contributed by atoms with Gasteiger partial charge in [0.1, 0.15) is 0 Å². The zero-order chi connectivity index (χ0) is 26.9. The summed E-state index contributed by atoms with van der Waals surface area (Å²) in [5, 5.41) is 21.2. The third kappa shape index (κ3) is 5.52. The van der Waals surface area contributed by atoms with Crippen molar-refractivity contribution in [1.82, 2.24) is 24.8 Å². The summed E-state index contributed by atoms with van der Waals surface area (Å²) in [6, 6.07) is 15.5. The number of ether oxygens (including phenoxy) is 1. The van der Waals surface area contributed by atoms with E-state index in [1.807, 2.05) is 54.7 Å². The number of fused-ring (bicyclic) bond motifs is 1. The lowest BCUT2D eigenvalue weighted by Gasteiger charge is -2.28. The Labute approximate surface area is 222 Å². The Balaban J connectivity index is 1.23. The van der Waals surface area contributed by atoms with Crippen LogP contribution in [0.4, 0.5) is 4.11 Å². The number of rotatable bonds is 10. The fourth-order valence-electron chi connectivity index (χ4n) is 5.95. The van der Waals surface area contributed by atoms with Crippen molar-refractivity contribution in [2.24, 2.45) is 5.92 Å². The van der Waals surface area contributed by atoms with E-state index in [0.717, 1.165) is 35.3 Å². The Morgan fingerprint density at radius 2 is 1.84 bits per heavy atom. The van der Waals surface area contributed by atoms with Crippen LogP contribution in [0.2, 0.25) is 18.6 Å². The van der Waals surface area contributed by atoms with Gasteiger partial charge in [0.2, 0.25) is 8.41 Å². The van der Waals surface area contributed by atoms with E-state index in [1.165, 1.54) is 0 Å². The van der Waals surface area contributed by atoms with Crippen LogP contribution in [0, 0.1) is 5.92 Å². The van der Waals surface area contributed by atoms with Crippen molar-refractivity contribution in [1.29, 1.82) is 0 Å². The van der Waals surface area contributed by atoms with E-state index in [4.69, 9.17) is 9.84 Å². The smallest absolute Gasteiger partial charge is 0.279 e. The van der Waals surface area contributed by atoms with Crippen LogP contribution in [0.15, 0.2) is 59.5 Å². The second-order valence-corrected chi connectivity index (χ2v) is 14.7. The molecule has 8 nitrogen and oxygen atoms in total. The first-order chi connectivity index (χ1) is 18.2. The van der Waals surface area contributed by atoms with Crippen LogP contribution in [-0.4, -0.2) is 57.1 Å². The summed E-state index contributed by atoms with van der Waals surface area (Å²) in [6.07, 6.45) is 4.47. The van der Waals surface area contributed by atoms with Crippen molar-refractivity contribution in [3.8, 4) is 5.69 Å². The van der Waals surface area contributed by atoms with Gasteiger partial charge in [-0.2, -0.15) is 0 Å². The van der Waals surface area contributed by atoms with Gasteiger partial charge in [-0.3, -0.25) is 14.6 Å². The van der Waals surface area contributed by atoms with Gasteiger partial charge in [-0.25, -0.2) is 4.68 Å². The lowest BCUT2D eigenvalue weighted by molar-refractivity contribution is 0.0247. The molecule has 0 unspecified atom stereocenters. The fraction of sp³-hybridized carbons (Fsp3) is 0.464. The predicted octanol–water partition coefficient (Wildman–Crippen LogP) is 4.42. The number of aromatic amines is 1. The van der Waals surface area contributed by atoms with Gasteiger partial charge in [-0.1, -0.05) is 36.4 Å². The minimum Gasteiger partial charge on any atom is -0.396 e. The first-order valence-electron chi connectivity index (χ1n) is 13.4. The average molecular weight is 538 g/mol. The number of benzene rings is 2. The van der Waals surface area contributed by atoms with Crippen molar-refractivity contribution in [3.05, 3.63) is 76.3 Å². The van der Waals surface area contributed by atoms with Crippen molar-refractivity contribution in [2.45, 2.75) is 70.0 Å². The van der Waals surface area contributed by atoms with Gasteiger partial charge < -0.3 is 14.0 Å². The van der Waals surface area contributed by atoms with Crippen LogP contribution in [0.3, 0.4) is 0 Å². The SMILES string of the molecule is C[C@H]1[C@H]([Si](C)(C)F)[C@@H](CCn2cc(CCO)nn2)O[C@H]1CCc1ccc(-n2[nH]c3ccccc3c2=O)cc1. The molecule has 1 saturated heterocycles. The minimum atomic E-state index is -2.95. The van der Waals surface area contributed by atoms with Crippen LogP contribution < -0.4 is 5.56 Å². The quantitative estimate of drug-likeness (QED) is 0.231. The topological polar surface area (TPSA) is 98.0 Å². The molecule has 0 spiro atoms. The number of H-pyrrole nitrogens is 1. The first kappa shape index (κ1) is 26.5. The maximum Gasteiger partial charge on any atom is 0.279 e. The summed E-state index contributed by atoms with van der Waals surface area (Å²) in [5.74, 6) is 0.136. The molecule has 0 saturated carbocycles. The highest BCUT2D eigenvalue weighted by atomic mass is 28.4. The Morgan fingerprint density at radius 3 is 2.55 bits per heavy atom. The second-order valence-electron chi connectivity index (χ2n) is 10.9. The van der Waals surface area contributed by atoms with Crippen LogP contribution in [-0.2, 0) is 24.1 Å². The largest absolute Gasteiger partial charge is 0.396 e. The third-order valence-electron chi connectivity index (χ3n) is 7.80. The van der Waals surface area contributed by atoms with Gasteiger partial charge in [0.05, 0.1) is 34.5 Å². The molecule has 1 aliphatic rings. The standard InChI is InChI=1S/C28H36FN5O3Si/c1-19-25(37-26(27(19)38(2,3)29)14-16-33-18-21(15-17-35)30-32-33)13-10-20-8-11-22(12-9-20)34-28(36)23-6-4-5-7-24(23)31-34/h4-9,11-12,18-19,25-27,31,35H,10,13-17H2,1-3H3/t19-,25+,26-,27+/m1/s1. The maximum atomic E-state index is 15.4. The Hall–Kier alpha value is -3.08. The molecule has 0 radical (unpaired) electrons. The van der Waals surface area contributed by atoms with Crippen molar-refractivity contribution >= 4 is 19.3 Å². The molecule has 0 amide bonds. The van der Waals surface area contributed by atoms with Gasteiger partial charge in [-0.05, 0) is 68.1 Å². The number of aliphatic hydroxyl groups excluding tert-OH is 1. The monoisotopic (exact) mass is 537 g/mol. The van der Waals surface area contributed by atoms with E-state index in [0.29, 0.717) is 24.8 Å². The molecule has 1 aliphatic heterocycles. The highest BCUT2D eigenvalue weighted by Crippen LogP contribution is 2.47. The van der Waals surface area contributed by atoms with E-state index in [-0.39, 0.29) is 35.8 Å².